The van der Waals surface area contributed by atoms with Crippen LogP contribution in [0.2, 0.25) is 0 Å². The molecule has 3 aromatic carbocycles. The minimum atomic E-state index is -0.238. The lowest BCUT2D eigenvalue weighted by Crippen LogP contribution is -2.37. The van der Waals surface area contributed by atoms with Gasteiger partial charge in [-0.1, -0.05) is 52.0 Å². The number of piperidine rings is 1. The molecule has 5 rings (SSSR count). The molecule has 1 amide bonds. The van der Waals surface area contributed by atoms with Crippen LogP contribution >= 0.6 is 0 Å². The molecule has 0 radical (unpaired) electrons. The molecule has 8 nitrogen and oxygen atoms in total. The van der Waals surface area contributed by atoms with Crippen LogP contribution in [0.25, 0.3) is 11.3 Å². The molecule has 0 unspecified atom stereocenters. The summed E-state index contributed by atoms with van der Waals surface area (Å²) in [5.41, 5.74) is 5.27. The minimum Gasteiger partial charge on any atom is -0.490 e. The van der Waals surface area contributed by atoms with Crippen molar-refractivity contribution in [3.63, 3.8) is 0 Å². The van der Waals surface area contributed by atoms with Gasteiger partial charge in [-0.2, -0.15) is 0 Å². The van der Waals surface area contributed by atoms with Gasteiger partial charge >= 0.3 is 0 Å². The largest absolute Gasteiger partial charge is 0.490 e. The average molecular weight is 594 g/mol. The Morgan fingerprint density at radius 1 is 1.00 bits per heavy atom. The van der Waals surface area contributed by atoms with E-state index in [1.807, 2.05) is 73.7 Å². The Morgan fingerprint density at radius 2 is 1.68 bits per heavy atom. The van der Waals surface area contributed by atoms with E-state index in [0.29, 0.717) is 16.9 Å². The highest BCUT2D eigenvalue weighted by Gasteiger charge is 2.20. The number of hydrogen-bond acceptors (Lipinski definition) is 6. The maximum absolute atomic E-state index is 13.1. The van der Waals surface area contributed by atoms with E-state index in [4.69, 9.17) is 9.72 Å². The van der Waals surface area contributed by atoms with E-state index >= 15 is 0 Å². The molecule has 0 spiro atoms. The van der Waals surface area contributed by atoms with Crippen LogP contribution in [0.3, 0.4) is 0 Å². The Kier molecular flexibility index (Phi) is 9.20. The lowest BCUT2D eigenvalue weighted by atomic mass is 9.86. The molecule has 0 saturated carbocycles. The number of likely N-dealkylation sites (tertiary alicyclic amines) is 1. The molecule has 230 valence electrons. The number of benzene rings is 3. The Hall–Kier alpha value is -4.43. The number of rotatable bonds is 8. The molecule has 4 aromatic rings. The number of aryl methyl sites for hydroxylation is 1. The summed E-state index contributed by atoms with van der Waals surface area (Å²) in [4.78, 5) is 33.3. The highest BCUT2D eigenvalue weighted by Crippen LogP contribution is 2.29. The van der Waals surface area contributed by atoms with Crippen molar-refractivity contribution in [1.29, 1.82) is 0 Å². The van der Waals surface area contributed by atoms with Gasteiger partial charge in [0.1, 0.15) is 11.9 Å². The smallest absolute Gasteiger partial charge is 0.293 e. The van der Waals surface area contributed by atoms with Gasteiger partial charge in [0.05, 0.1) is 5.69 Å². The number of nitrogens with one attached hydrogen (secondary N) is 2. The molecule has 1 fully saturated rings. The van der Waals surface area contributed by atoms with Crippen molar-refractivity contribution >= 4 is 23.1 Å². The third-order valence-corrected chi connectivity index (χ3v) is 8.34. The van der Waals surface area contributed by atoms with Crippen LogP contribution < -0.4 is 20.9 Å². The van der Waals surface area contributed by atoms with Crippen LogP contribution in [-0.2, 0) is 12.5 Å². The molecule has 8 heteroatoms. The van der Waals surface area contributed by atoms with Gasteiger partial charge in [0.15, 0.2) is 5.82 Å². The monoisotopic (exact) mass is 593 g/mol. The second-order valence-corrected chi connectivity index (χ2v) is 12.6. The highest BCUT2D eigenvalue weighted by molar-refractivity contribution is 6.05. The Balaban J connectivity index is 1.31. The molecule has 1 aromatic heterocycles. The quantitative estimate of drug-likeness (QED) is 0.231. The van der Waals surface area contributed by atoms with E-state index < -0.39 is 0 Å². The predicted octanol–water partition coefficient (Wildman–Crippen LogP) is 6.91. The highest BCUT2D eigenvalue weighted by atomic mass is 16.5. The van der Waals surface area contributed by atoms with Gasteiger partial charge in [0.2, 0.25) is 0 Å². The molecule has 2 heterocycles. The summed E-state index contributed by atoms with van der Waals surface area (Å²) in [7, 11) is 1.71. The molecule has 2 N–H and O–H groups in total. The number of carbonyl (C=O) groups excluding carboxylic acids is 1. The third-order valence-electron chi connectivity index (χ3n) is 8.34. The van der Waals surface area contributed by atoms with Gasteiger partial charge in [-0.05, 0) is 85.3 Å². The maximum Gasteiger partial charge on any atom is 0.293 e. The van der Waals surface area contributed by atoms with Crippen LogP contribution in [0.4, 0.5) is 17.2 Å². The fraction of sp³-hybridized carbons (Fsp3) is 0.361. The van der Waals surface area contributed by atoms with Gasteiger partial charge in [0.25, 0.3) is 11.5 Å². The minimum absolute atomic E-state index is 0.0141. The van der Waals surface area contributed by atoms with Crippen LogP contribution in [-0.4, -0.2) is 46.1 Å². The van der Waals surface area contributed by atoms with Crippen molar-refractivity contribution in [3.05, 3.63) is 100.0 Å². The van der Waals surface area contributed by atoms with Crippen molar-refractivity contribution in [2.75, 3.05) is 30.3 Å². The number of amides is 1. The fourth-order valence-electron chi connectivity index (χ4n) is 5.47. The second-order valence-electron chi connectivity index (χ2n) is 12.6. The van der Waals surface area contributed by atoms with E-state index in [-0.39, 0.29) is 28.8 Å². The first-order valence-corrected chi connectivity index (χ1v) is 15.4. The third kappa shape index (κ3) is 7.19. The summed E-state index contributed by atoms with van der Waals surface area (Å²) >= 11 is 0. The summed E-state index contributed by atoms with van der Waals surface area (Å²) in [6, 6.07) is 21.1. The van der Waals surface area contributed by atoms with Gasteiger partial charge in [-0.3, -0.25) is 9.59 Å². The SMILES string of the molecule is CCN1CCC(Oc2ccc(Nc3nc(-c4cccc(NC(=O)c5ccc(C(C)(C)C)cc5)c4C)cn(C)c3=O)cc2)CC1. The summed E-state index contributed by atoms with van der Waals surface area (Å²) < 4.78 is 7.73. The van der Waals surface area contributed by atoms with E-state index in [9.17, 15) is 9.59 Å². The molecule has 0 aliphatic carbocycles. The zero-order valence-corrected chi connectivity index (χ0v) is 26.6. The van der Waals surface area contributed by atoms with Crippen LogP contribution in [0.5, 0.6) is 5.75 Å². The summed E-state index contributed by atoms with van der Waals surface area (Å²) in [6.07, 6.45) is 3.98. The van der Waals surface area contributed by atoms with Gasteiger partial charge in [-0.15, -0.1) is 0 Å². The number of hydrogen-bond donors (Lipinski definition) is 2. The lowest BCUT2D eigenvalue weighted by molar-refractivity contribution is 0.102. The first kappa shape index (κ1) is 31.0. The predicted molar refractivity (Wildman–Crippen MR) is 178 cm³/mol. The average Bonchev–Trinajstić information content (AvgIpc) is 3.01. The van der Waals surface area contributed by atoms with Crippen molar-refractivity contribution in [2.24, 2.45) is 7.05 Å². The molecule has 1 aliphatic heterocycles. The summed E-state index contributed by atoms with van der Waals surface area (Å²) in [5.74, 6) is 0.860. The first-order chi connectivity index (χ1) is 21.0. The van der Waals surface area contributed by atoms with Crippen molar-refractivity contribution in [1.82, 2.24) is 14.5 Å². The zero-order valence-electron chi connectivity index (χ0n) is 26.6. The standard InChI is InChI=1S/C36H43N5O3/c1-7-41-21-19-29(20-22-41)44-28-17-15-27(16-18-28)37-33-35(43)40(6)23-32(38-33)30-9-8-10-31(24(30)2)39-34(42)25-11-13-26(14-12-25)36(3,4)5/h8-18,23,29H,7,19-22H2,1-6H3,(H,37,38)(H,39,42). The van der Waals surface area contributed by atoms with Crippen molar-refractivity contribution in [2.45, 2.75) is 59.0 Å². The lowest BCUT2D eigenvalue weighted by Gasteiger charge is -2.31. The molecule has 44 heavy (non-hydrogen) atoms. The van der Waals surface area contributed by atoms with Gasteiger partial charge < -0.3 is 24.8 Å². The van der Waals surface area contributed by atoms with Gasteiger partial charge in [0, 0.05) is 48.8 Å². The van der Waals surface area contributed by atoms with Crippen LogP contribution in [0.1, 0.15) is 62.0 Å². The Bertz CT molecular complexity index is 1660. The van der Waals surface area contributed by atoms with E-state index in [2.05, 4.69) is 43.2 Å². The maximum atomic E-state index is 13.1. The molecule has 1 aliphatic rings. The first-order valence-electron chi connectivity index (χ1n) is 15.4. The Morgan fingerprint density at radius 3 is 2.32 bits per heavy atom. The molecular weight excluding hydrogens is 550 g/mol. The number of nitrogens with zero attached hydrogens (tertiary/aromatic N) is 3. The Labute approximate surface area is 260 Å². The van der Waals surface area contributed by atoms with Crippen molar-refractivity contribution in [3.8, 4) is 17.0 Å². The van der Waals surface area contributed by atoms with Crippen LogP contribution in [0.15, 0.2) is 77.7 Å². The fourth-order valence-corrected chi connectivity index (χ4v) is 5.47. The summed E-state index contributed by atoms with van der Waals surface area (Å²) in [5, 5.41) is 6.24. The molecule has 0 atom stereocenters. The molecular formula is C36H43N5O3. The van der Waals surface area contributed by atoms with Gasteiger partial charge in [-0.25, -0.2) is 4.98 Å². The number of ether oxygens (including phenoxy) is 1. The normalized spacial score (nSPS) is 14.3. The van der Waals surface area contributed by atoms with E-state index in [1.165, 1.54) is 10.1 Å². The number of aromatic nitrogens is 2. The zero-order chi connectivity index (χ0) is 31.4. The van der Waals surface area contributed by atoms with Crippen molar-refractivity contribution < 1.29 is 9.53 Å². The molecule has 1 saturated heterocycles. The number of carbonyl (C=O) groups is 1. The molecule has 0 bridgehead atoms. The second kappa shape index (κ2) is 13.1. The number of anilines is 3. The van der Waals surface area contributed by atoms with E-state index in [0.717, 1.165) is 55.0 Å². The topological polar surface area (TPSA) is 88.5 Å². The van der Waals surface area contributed by atoms with Crippen LogP contribution in [0, 0.1) is 6.92 Å². The summed E-state index contributed by atoms with van der Waals surface area (Å²) in [6.45, 7) is 13.8. The van der Waals surface area contributed by atoms with E-state index in [1.54, 1.807) is 13.2 Å².